The van der Waals surface area contributed by atoms with Crippen LogP contribution in [0.25, 0.3) is 6.08 Å². The highest BCUT2D eigenvalue weighted by atomic mass is 35.5. The number of hydrogen-bond donors (Lipinski definition) is 1. The quantitative estimate of drug-likeness (QED) is 0.907. The Labute approximate surface area is 110 Å². The summed E-state index contributed by atoms with van der Waals surface area (Å²) in [7, 11) is -3.74. The average molecular weight is 287 g/mol. The maximum Gasteiger partial charge on any atom is 0.314 e. The summed E-state index contributed by atoms with van der Waals surface area (Å²) in [5, 5.41) is 9.55. The molecule has 0 unspecified atom stereocenters. The molecule has 0 amide bonds. The van der Waals surface area contributed by atoms with E-state index in [1.807, 2.05) is 0 Å². The average Bonchev–Trinajstić information content (AvgIpc) is 2.50. The molecule has 0 fully saturated rings. The summed E-state index contributed by atoms with van der Waals surface area (Å²) in [6.07, 6.45) is 1.38. The first-order chi connectivity index (χ1) is 8.17. The number of carbonyl (C=O) groups is 1. The van der Waals surface area contributed by atoms with Crippen LogP contribution < -0.4 is 0 Å². The third-order valence-electron chi connectivity index (χ3n) is 2.99. The molecule has 0 bridgehead atoms. The standard InChI is InChI=1S/C12H11ClO4S/c1-12(2,11(14)15)10-6-7-5-8(13)3-4-9(7)18(10,16)17/h3-6H,1-2H3,(H,14,15). The van der Waals surface area contributed by atoms with Gasteiger partial charge in [-0.25, -0.2) is 8.42 Å². The van der Waals surface area contributed by atoms with Gasteiger partial charge in [0.15, 0.2) is 0 Å². The van der Waals surface area contributed by atoms with Crippen LogP contribution in [0.1, 0.15) is 19.4 Å². The molecule has 0 atom stereocenters. The van der Waals surface area contributed by atoms with Gasteiger partial charge in [0.05, 0.1) is 15.2 Å². The predicted molar refractivity (Wildman–Crippen MR) is 68.0 cm³/mol. The first-order valence-electron chi connectivity index (χ1n) is 5.17. The molecule has 1 aromatic rings. The molecule has 96 valence electrons. The molecule has 6 heteroatoms. The Morgan fingerprint density at radius 2 is 1.94 bits per heavy atom. The minimum Gasteiger partial charge on any atom is -0.481 e. The Morgan fingerprint density at radius 3 is 2.50 bits per heavy atom. The molecule has 1 aliphatic heterocycles. The van der Waals surface area contributed by atoms with Crippen molar-refractivity contribution in [3.05, 3.63) is 33.7 Å². The normalized spacial score (nSPS) is 17.2. The lowest BCUT2D eigenvalue weighted by molar-refractivity contribution is -0.144. The molecule has 0 aliphatic carbocycles. The van der Waals surface area contributed by atoms with Crippen molar-refractivity contribution in [1.29, 1.82) is 0 Å². The zero-order valence-corrected chi connectivity index (χ0v) is 11.3. The van der Waals surface area contributed by atoms with Gasteiger partial charge in [0, 0.05) is 5.02 Å². The second-order valence-corrected chi connectivity index (χ2v) is 6.95. The smallest absolute Gasteiger partial charge is 0.314 e. The van der Waals surface area contributed by atoms with E-state index in [1.54, 1.807) is 0 Å². The van der Waals surface area contributed by atoms with Crippen molar-refractivity contribution in [1.82, 2.24) is 0 Å². The molecular weight excluding hydrogens is 276 g/mol. The SMILES string of the molecule is CC(C)(C(=O)O)C1=Cc2cc(Cl)ccc2S1(=O)=O. The van der Waals surface area contributed by atoms with Crippen molar-refractivity contribution in [2.75, 3.05) is 0 Å². The lowest BCUT2D eigenvalue weighted by Crippen LogP contribution is -2.28. The lowest BCUT2D eigenvalue weighted by atomic mass is 9.92. The van der Waals surface area contributed by atoms with Crippen LogP contribution in [0.15, 0.2) is 28.0 Å². The van der Waals surface area contributed by atoms with E-state index in [-0.39, 0.29) is 9.80 Å². The zero-order valence-electron chi connectivity index (χ0n) is 9.77. The molecule has 0 radical (unpaired) electrons. The molecule has 1 aromatic carbocycles. The molecule has 0 aromatic heterocycles. The van der Waals surface area contributed by atoms with Gasteiger partial charge in [-0.3, -0.25) is 4.79 Å². The maximum atomic E-state index is 12.3. The Hall–Kier alpha value is -1.33. The van der Waals surface area contributed by atoms with E-state index < -0.39 is 21.2 Å². The van der Waals surface area contributed by atoms with Gasteiger partial charge >= 0.3 is 5.97 Å². The fourth-order valence-corrected chi connectivity index (χ4v) is 3.97. The van der Waals surface area contributed by atoms with Crippen molar-refractivity contribution in [3.8, 4) is 0 Å². The molecule has 1 heterocycles. The molecule has 2 rings (SSSR count). The lowest BCUT2D eigenvalue weighted by Gasteiger charge is -2.20. The topological polar surface area (TPSA) is 71.4 Å². The van der Waals surface area contributed by atoms with Gasteiger partial charge in [-0.15, -0.1) is 0 Å². The number of benzene rings is 1. The Morgan fingerprint density at radius 1 is 1.33 bits per heavy atom. The summed E-state index contributed by atoms with van der Waals surface area (Å²) in [6.45, 7) is 2.73. The third kappa shape index (κ3) is 1.74. The highest BCUT2D eigenvalue weighted by molar-refractivity contribution is 7.96. The number of rotatable bonds is 2. The van der Waals surface area contributed by atoms with Crippen LogP contribution in [-0.2, 0) is 14.6 Å². The van der Waals surface area contributed by atoms with Gasteiger partial charge in [0.1, 0.15) is 0 Å². The first-order valence-corrected chi connectivity index (χ1v) is 7.03. The molecule has 1 N–H and O–H groups in total. The van der Waals surface area contributed by atoms with Gasteiger partial charge in [0.25, 0.3) is 0 Å². The number of carboxylic acid groups (broad SMARTS) is 1. The van der Waals surface area contributed by atoms with Crippen LogP contribution >= 0.6 is 11.6 Å². The van der Waals surface area contributed by atoms with Gasteiger partial charge in [-0.1, -0.05) is 11.6 Å². The number of aliphatic carboxylic acids is 1. The summed E-state index contributed by atoms with van der Waals surface area (Å²) in [4.78, 5) is 11.2. The van der Waals surface area contributed by atoms with E-state index in [9.17, 15) is 13.2 Å². The van der Waals surface area contributed by atoms with Gasteiger partial charge in [-0.05, 0) is 43.7 Å². The monoisotopic (exact) mass is 286 g/mol. The minimum absolute atomic E-state index is 0.108. The van der Waals surface area contributed by atoms with Gasteiger partial charge in [-0.2, -0.15) is 0 Å². The molecule has 1 aliphatic rings. The van der Waals surface area contributed by atoms with Crippen molar-refractivity contribution < 1.29 is 18.3 Å². The van der Waals surface area contributed by atoms with E-state index in [4.69, 9.17) is 16.7 Å². The fraction of sp³-hybridized carbons (Fsp3) is 0.250. The molecule has 18 heavy (non-hydrogen) atoms. The maximum absolute atomic E-state index is 12.3. The van der Waals surface area contributed by atoms with E-state index in [2.05, 4.69) is 0 Å². The molecule has 0 saturated carbocycles. The van der Waals surface area contributed by atoms with Crippen molar-refractivity contribution in [2.45, 2.75) is 18.7 Å². The minimum atomic E-state index is -3.74. The number of halogens is 1. The zero-order chi connectivity index (χ0) is 13.7. The predicted octanol–water partition coefficient (Wildman–Crippen LogP) is 2.58. The summed E-state index contributed by atoms with van der Waals surface area (Å²) in [6, 6.07) is 4.39. The van der Waals surface area contributed by atoms with E-state index in [1.165, 1.54) is 38.1 Å². The van der Waals surface area contributed by atoms with Crippen LogP contribution in [0, 0.1) is 5.41 Å². The van der Waals surface area contributed by atoms with Gasteiger partial charge in [0.2, 0.25) is 9.84 Å². The van der Waals surface area contributed by atoms with Gasteiger partial charge < -0.3 is 5.11 Å². The van der Waals surface area contributed by atoms with Crippen LogP contribution in [-0.4, -0.2) is 19.5 Å². The molecular formula is C12H11ClO4S. The van der Waals surface area contributed by atoms with Crippen LogP contribution in [0.3, 0.4) is 0 Å². The summed E-state index contributed by atoms with van der Waals surface area (Å²) in [5.41, 5.74) is -1.03. The highest BCUT2D eigenvalue weighted by Crippen LogP contribution is 2.43. The summed E-state index contributed by atoms with van der Waals surface area (Å²) >= 11 is 5.80. The number of carboxylic acids is 1. The largest absolute Gasteiger partial charge is 0.481 e. The fourth-order valence-electron chi connectivity index (χ4n) is 1.84. The number of fused-ring (bicyclic) bond motifs is 1. The van der Waals surface area contributed by atoms with Crippen molar-refractivity contribution >= 4 is 33.5 Å². The molecule has 0 saturated heterocycles. The van der Waals surface area contributed by atoms with E-state index in [0.717, 1.165) is 0 Å². The molecule has 4 nitrogen and oxygen atoms in total. The van der Waals surface area contributed by atoms with E-state index in [0.29, 0.717) is 10.6 Å². The molecule has 0 spiro atoms. The highest BCUT2D eigenvalue weighted by Gasteiger charge is 2.43. The van der Waals surface area contributed by atoms with Crippen LogP contribution in [0.2, 0.25) is 5.02 Å². The third-order valence-corrected chi connectivity index (χ3v) is 5.38. The summed E-state index contributed by atoms with van der Waals surface area (Å²) < 4.78 is 24.5. The van der Waals surface area contributed by atoms with Crippen LogP contribution in [0.4, 0.5) is 0 Å². The second kappa shape index (κ2) is 3.83. The van der Waals surface area contributed by atoms with Crippen LogP contribution in [0.5, 0.6) is 0 Å². The first kappa shape index (κ1) is 13.1. The van der Waals surface area contributed by atoms with E-state index >= 15 is 0 Å². The summed E-state index contributed by atoms with van der Waals surface area (Å²) in [5.74, 6) is -1.18. The Balaban J connectivity index is 2.69. The second-order valence-electron chi connectivity index (χ2n) is 4.62. The van der Waals surface area contributed by atoms with Crippen molar-refractivity contribution in [2.24, 2.45) is 5.41 Å². The number of hydrogen-bond acceptors (Lipinski definition) is 3. The Bertz CT molecular complexity index is 671. The Kier molecular flexibility index (Phi) is 2.79. The number of sulfone groups is 1. The van der Waals surface area contributed by atoms with Crippen molar-refractivity contribution in [3.63, 3.8) is 0 Å².